The van der Waals surface area contributed by atoms with Crippen LogP contribution in [0.4, 0.5) is 5.82 Å². The normalized spacial score (nSPS) is 9.62. The second kappa shape index (κ2) is 5.32. The Balaban J connectivity index is 2.79. The summed E-state index contributed by atoms with van der Waals surface area (Å²) in [4.78, 5) is 25.4. The van der Waals surface area contributed by atoms with Crippen molar-refractivity contribution < 1.29 is 14.7 Å². The number of carbonyl (C=O) groups is 2. The minimum Gasteiger partial charge on any atom is -0.476 e. The van der Waals surface area contributed by atoms with Crippen molar-refractivity contribution in [3.05, 3.63) is 22.8 Å². The molecule has 0 radical (unpaired) electrons. The second-order valence-electron chi connectivity index (χ2n) is 2.86. The number of likely N-dealkylation sites (N-methyl/N-ethyl adjacent to an activating group) is 1. The summed E-state index contributed by atoms with van der Waals surface area (Å²) in [5.41, 5.74) is -0.247. The molecule has 1 aromatic heterocycles. The van der Waals surface area contributed by atoms with Gasteiger partial charge in [0.25, 0.3) is 0 Å². The van der Waals surface area contributed by atoms with E-state index in [1.165, 1.54) is 19.2 Å². The predicted molar refractivity (Wildman–Crippen MR) is 58.8 cm³/mol. The first-order chi connectivity index (χ1) is 7.54. The Labute approximate surface area is 96.6 Å². The van der Waals surface area contributed by atoms with Crippen molar-refractivity contribution in [3.63, 3.8) is 0 Å². The number of aromatic carboxylic acids is 1. The molecule has 0 aliphatic carbocycles. The van der Waals surface area contributed by atoms with Gasteiger partial charge < -0.3 is 15.7 Å². The van der Waals surface area contributed by atoms with Crippen molar-refractivity contribution in [2.24, 2.45) is 0 Å². The Morgan fingerprint density at radius 2 is 2.19 bits per heavy atom. The molecule has 86 valence electrons. The molecule has 0 unspecified atom stereocenters. The highest BCUT2D eigenvalue weighted by Crippen LogP contribution is 2.16. The van der Waals surface area contributed by atoms with E-state index in [4.69, 9.17) is 16.7 Å². The summed E-state index contributed by atoms with van der Waals surface area (Å²) in [5, 5.41) is 13.9. The van der Waals surface area contributed by atoms with E-state index in [-0.39, 0.29) is 29.0 Å². The van der Waals surface area contributed by atoms with Crippen LogP contribution in [0.25, 0.3) is 0 Å². The number of hydrogen-bond donors (Lipinski definition) is 3. The number of carboxylic acid groups (broad SMARTS) is 1. The first kappa shape index (κ1) is 12.3. The van der Waals surface area contributed by atoms with Crippen LogP contribution in [0.2, 0.25) is 5.02 Å². The van der Waals surface area contributed by atoms with Crippen LogP contribution >= 0.6 is 11.6 Å². The minimum absolute atomic E-state index is 0.0180. The lowest BCUT2D eigenvalue weighted by Crippen LogP contribution is -2.26. The van der Waals surface area contributed by atoms with E-state index in [9.17, 15) is 9.59 Å². The highest BCUT2D eigenvalue weighted by Gasteiger charge is 2.11. The zero-order valence-corrected chi connectivity index (χ0v) is 9.21. The number of anilines is 1. The maximum absolute atomic E-state index is 10.9. The molecule has 6 nitrogen and oxygen atoms in total. The van der Waals surface area contributed by atoms with Gasteiger partial charge in [0.05, 0.1) is 11.6 Å². The van der Waals surface area contributed by atoms with Crippen molar-refractivity contribution >= 4 is 29.3 Å². The van der Waals surface area contributed by atoms with Gasteiger partial charge in [-0.1, -0.05) is 11.6 Å². The van der Waals surface area contributed by atoms with Crippen molar-refractivity contribution in [2.75, 3.05) is 18.9 Å². The standard InChI is InChI=1S/C9H10ClN3O3/c1-11-7(14)4-12-6-3-2-5(10)8(13-6)9(15)16/h2-3H,4H2,1H3,(H,11,14)(H,12,13)(H,15,16). The number of amides is 1. The quantitative estimate of drug-likeness (QED) is 0.720. The Morgan fingerprint density at radius 3 is 2.75 bits per heavy atom. The lowest BCUT2D eigenvalue weighted by Gasteiger charge is -2.05. The number of pyridine rings is 1. The number of carboxylic acids is 1. The molecule has 0 bridgehead atoms. The molecule has 3 N–H and O–H groups in total. The molecule has 0 saturated heterocycles. The van der Waals surface area contributed by atoms with Crippen molar-refractivity contribution in [1.29, 1.82) is 0 Å². The summed E-state index contributed by atoms with van der Waals surface area (Å²) in [6, 6.07) is 2.90. The fourth-order valence-corrected chi connectivity index (χ4v) is 1.14. The van der Waals surface area contributed by atoms with Crippen molar-refractivity contribution in [3.8, 4) is 0 Å². The Kier molecular flexibility index (Phi) is 4.07. The SMILES string of the molecule is CNC(=O)CNc1ccc(Cl)c(C(=O)O)n1. The predicted octanol–water partition coefficient (Wildman–Crippen LogP) is 0.591. The molecule has 1 aromatic rings. The van der Waals surface area contributed by atoms with Gasteiger partial charge in [-0.05, 0) is 12.1 Å². The number of nitrogens with zero attached hydrogens (tertiary/aromatic N) is 1. The maximum Gasteiger partial charge on any atom is 0.356 e. The van der Waals surface area contributed by atoms with E-state index >= 15 is 0 Å². The summed E-state index contributed by atoms with van der Waals surface area (Å²) in [5.74, 6) is -1.16. The number of hydrogen-bond acceptors (Lipinski definition) is 4. The molecule has 0 saturated carbocycles. The first-order valence-corrected chi connectivity index (χ1v) is 4.76. The van der Waals surface area contributed by atoms with E-state index in [1.54, 1.807) is 0 Å². The van der Waals surface area contributed by atoms with Crippen LogP contribution < -0.4 is 10.6 Å². The molecule has 7 heteroatoms. The third kappa shape index (κ3) is 3.09. The molecule has 16 heavy (non-hydrogen) atoms. The lowest BCUT2D eigenvalue weighted by atomic mass is 10.3. The summed E-state index contributed by atoms with van der Waals surface area (Å²) < 4.78 is 0. The molecule has 1 heterocycles. The summed E-state index contributed by atoms with van der Waals surface area (Å²) >= 11 is 5.63. The molecule has 0 fully saturated rings. The smallest absolute Gasteiger partial charge is 0.356 e. The Hall–Kier alpha value is -1.82. The van der Waals surface area contributed by atoms with Gasteiger partial charge in [-0.15, -0.1) is 0 Å². The fraction of sp³-hybridized carbons (Fsp3) is 0.222. The average molecular weight is 244 g/mol. The first-order valence-electron chi connectivity index (χ1n) is 4.39. The number of rotatable bonds is 4. The zero-order chi connectivity index (χ0) is 12.1. The number of carbonyl (C=O) groups excluding carboxylic acids is 1. The second-order valence-corrected chi connectivity index (χ2v) is 3.27. The third-order valence-corrected chi connectivity index (χ3v) is 2.06. The van der Waals surface area contributed by atoms with Crippen LogP contribution in [0.5, 0.6) is 0 Å². The van der Waals surface area contributed by atoms with E-state index in [1.807, 2.05) is 0 Å². The lowest BCUT2D eigenvalue weighted by molar-refractivity contribution is -0.118. The molecular weight excluding hydrogens is 234 g/mol. The van der Waals surface area contributed by atoms with E-state index in [2.05, 4.69) is 15.6 Å². The zero-order valence-electron chi connectivity index (χ0n) is 8.45. The highest BCUT2D eigenvalue weighted by atomic mass is 35.5. The van der Waals surface area contributed by atoms with Gasteiger partial charge in [0.15, 0.2) is 5.69 Å². The Bertz CT molecular complexity index is 422. The fourth-order valence-electron chi connectivity index (χ4n) is 0.950. The van der Waals surface area contributed by atoms with E-state index in [0.29, 0.717) is 0 Å². The molecule has 0 atom stereocenters. The summed E-state index contributed by atoms with van der Waals surface area (Å²) in [6.07, 6.45) is 0. The molecule has 0 spiro atoms. The van der Waals surface area contributed by atoms with Crippen LogP contribution in [0, 0.1) is 0 Å². The van der Waals surface area contributed by atoms with Crippen LogP contribution in [0.1, 0.15) is 10.5 Å². The topological polar surface area (TPSA) is 91.3 Å². The van der Waals surface area contributed by atoms with Gasteiger partial charge in [-0.3, -0.25) is 4.79 Å². The van der Waals surface area contributed by atoms with Gasteiger partial charge in [0.1, 0.15) is 5.82 Å². The van der Waals surface area contributed by atoms with E-state index < -0.39 is 5.97 Å². The van der Waals surface area contributed by atoms with Crippen LogP contribution in [-0.4, -0.2) is 35.6 Å². The molecule has 0 aliphatic rings. The third-order valence-electron chi connectivity index (χ3n) is 1.76. The van der Waals surface area contributed by atoms with Gasteiger partial charge in [0.2, 0.25) is 5.91 Å². The number of aromatic nitrogens is 1. The Morgan fingerprint density at radius 1 is 1.50 bits per heavy atom. The van der Waals surface area contributed by atoms with Crippen molar-refractivity contribution in [2.45, 2.75) is 0 Å². The van der Waals surface area contributed by atoms with Gasteiger partial charge >= 0.3 is 5.97 Å². The van der Waals surface area contributed by atoms with Crippen LogP contribution in [0.3, 0.4) is 0 Å². The number of halogens is 1. The van der Waals surface area contributed by atoms with Crippen LogP contribution in [0.15, 0.2) is 12.1 Å². The average Bonchev–Trinajstić information content (AvgIpc) is 2.27. The van der Waals surface area contributed by atoms with Crippen LogP contribution in [-0.2, 0) is 4.79 Å². The summed E-state index contributed by atoms with van der Waals surface area (Å²) in [7, 11) is 1.50. The molecule has 1 rings (SSSR count). The maximum atomic E-state index is 10.9. The van der Waals surface area contributed by atoms with Crippen molar-refractivity contribution in [1.82, 2.24) is 10.3 Å². The number of nitrogens with one attached hydrogen (secondary N) is 2. The van der Waals surface area contributed by atoms with Gasteiger partial charge in [-0.2, -0.15) is 0 Å². The molecule has 0 aromatic carbocycles. The van der Waals surface area contributed by atoms with E-state index in [0.717, 1.165) is 0 Å². The minimum atomic E-state index is -1.21. The van der Waals surface area contributed by atoms with Gasteiger partial charge in [-0.25, -0.2) is 9.78 Å². The largest absolute Gasteiger partial charge is 0.476 e. The van der Waals surface area contributed by atoms with Gasteiger partial charge in [0, 0.05) is 7.05 Å². The molecule has 0 aliphatic heterocycles. The molecular formula is C9H10ClN3O3. The molecule has 1 amide bonds. The summed E-state index contributed by atoms with van der Waals surface area (Å²) in [6.45, 7) is 0.0180. The monoisotopic (exact) mass is 243 g/mol. The highest BCUT2D eigenvalue weighted by molar-refractivity contribution is 6.33.